The number of nitrogens with one attached hydrogen (secondary N) is 1. The molecule has 0 bridgehead atoms. The molecule has 0 spiro atoms. The highest BCUT2D eigenvalue weighted by atomic mass is 79.9. The Balaban J connectivity index is 1.64. The third-order valence-electron chi connectivity index (χ3n) is 4.83. The van der Waals surface area contributed by atoms with Gasteiger partial charge in [0.15, 0.2) is 0 Å². The van der Waals surface area contributed by atoms with Gasteiger partial charge in [0.05, 0.1) is 0 Å². The van der Waals surface area contributed by atoms with Crippen molar-refractivity contribution in [2.24, 2.45) is 11.8 Å². The number of benzene rings is 1. The van der Waals surface area contributed by atoms with Crippen LogP contribution in [0, 0.1) is 17.7 Å². The van der Waals surface area contributed by atoms with Crippen LogP contribution in [0.4, 0.5) is 10.1 Å². The fraction of sp³-hybridized carbons (Fsp3) is 0.625. The van der Waals surface area contributed by atoms with Gasteiger partial charge in [0.25, 0.3) is 0 Å². The summed E-state index contributed by atoms with van der Waals surface area (Å²) in [4.78, 5) is 0. The molecule has 2 fully saturated rings. The van der Waals surface area contributed by atoms with Gasteiger partial charge in [0, 0.05) is 16.2 Å². The first-order valence-corrected chi connectivity index (χ1v) is 8.23. The van der Waals surface area contributed by atoms with Crippen molar-refractivity contribution in [3.05, 3.63) is 28.5 Å². The van der Waals surface area contributed by atoms with Gasteiger partial charge in [-0.15, -0.1) is 0 Å². The SMILES string of the molecule is Fc1ccc(NC2CCC3CCCCC3C2)c(Br)c1. The van der Waals surface area contributed by atoms with Gasteiger partial charge in [-0.2, -0.15) is 0 Å². The molecule has 1 N–H and O–H groups in total. The first-order chi connectivity index (χ1) is 9.22. The molecule has 3 unspecified atom stereocenters. The lowest BCUT2D eigenvalue weighted by atomic mass is 9.69. The van der Waals surface area contributed by atoms with E-state index in [9.17, 15) is 4.39 Å². The van der Waals surface area contributed by atoms with Crippen LogP contribution in [0.25, 0.3) is 0 Å². The van der Waals surface area contributed by atoms with Gasteiger partial charge in [-0.1, -0.05) is 25.7 Å². The molecule has 0 aromatic heterocycles. The molecule has 2 aliphatic carbocycles. The van der Waals surface area contributed by atoms with Gasteiger partial charge in [-0.05, 0) is 65.2 Å². The first kappa shape index (κ1) is 13.4. The van der Waals surface area contributed by atoms with Crippen molar-refractivity contribution in [1.29, 1.82) is 0 Å². The molecule has 0 heterocycles. The summed E-state index contributed by atoms with van der Waals surface area (Å²) in [5.74, 6) is 1.70. The number of hydrogen-bond donors (Lipinski definition) is 1. The number of anilines is 1. The predicted octanol–water partition coefficient (Wildman–Crippen LogP) is 5.36. The Morgan fingerprint density at radius 1 is 1.05 bits per heavy atom. The largest absolute Gasteiger partial charge is 0.381 e. The lowest BCUT2D eigenvalue weighted by Gasteiger charge is -2.40. The van der Waals surface area contributed by atoms with Crippen molar-refractivity contribution < 1.29 is 4.39 Å². The Labute approximate surface area is 123 Å². The number of halogens is 2. The topological polar surface area (TPSA) is 12.0 Å². The molecule has 0 amide bonds. The second-order valence-electron chi connectivity index (χ2n) is 6.08. The highest BCUT2D eigenvalue weighted by Crippen LogP contribution is 2.41. The normalized spacial score (nSPS) is 30.7. The monoisotopic (exact) mass is 325 g/mol. The van der Waals surface area contributed by atoms with Crippen LogP contribution in [-0.4, -0.2) is 6.04 Å². The van der Waals surface area contributed by atoms with Crippen LogP contribution in [-0.2, 0) is 0 Å². The third kappa shape index (κ3) is 3.13. The van der Waals surface area contributed by atoms with Gasteiger partial charge in [0.1, 0.15) is 5.82 Å². The Bertz CT molecular complexity index is 448. The average molecular weight is 326 g/mol. The van der Waals surface area contributed by atoms with Crippen LogP contribution in [0.3, 0.4) is 0 Å². The van der Waals surface area contributed by atoms with Gasteiger partial charge in [-0.25, -0.2) is 4.39 Å². The summed E-state index contributed by atoms with van der Waals surface area (Å²) in [5.41, 5.74) is 1.03. The minimum Gasteiger partial charge on any atom is -0.381 e. The molecule has 1 nitrogen and oxygen atoms in total. The van der Waals surface area contributed by atoms with E-state index in [-0.39, 0.29) is 5.82 Å². The van der Waals surface area contributed by atoms with Crippen LogP contribution in [0.1, 0.15) is 44.9 Å². The zero-order chi connectivity index (χ0) is 13.2. The van der Waals surface area contributed by atoms with E-state index in [1.54, 1.807) is 0 Å². The van der Waals surface area contributed by atoms with E-state index in [0.29, 0.717) is 6.04 Å². The highest BCUT2D eigenvalue weighted by molar-refractivity contribution is 9.10. The summed E-state index contributed by atoms with van der Waals surface area (Å²) in [7, 11) is 0. The quantitative estimate of drug-likeness (QED) is 0.771. The second-order valence-corrected chi connectivity index (χ2v) is 6.94. The van der Waals surface area contributed by atoms with Crippen LogP contribution in [0.5, 0.6) is 0 Å². The molecule has 1 aromatic carbocycles. The Hall–Kier alpha value is -0.570. The van der Waals surface area contributed by atoms with E-state index in [1.165, 1.54) is 57.1 Å². The molecule has 0 radical (unpaired) electrons. The van der Waals surface area contributed by atoms with Crippen molar-refractivity contribution in [2.45, 2.75) is 51.0 Å². The van der Waals surface area contributed by atoms with Gasteiger partial charge in [-0.3, -0.25) is 0 Å². The highest BCUT2D eigenvalue weighted by Gasteiger charge is 2.32. The lowest BCUT2D eigenvalue weighted by Crippen LogP contribution is -2.34. The molecule has 3 atom stereocenters. The fourth-order valence-corrected chi connectivity index (χ4v) is 4.30. The van der Waals surface area contributed by atoms with E-state index < -0.39 is 0 Å². The Morgan fingerprint density at radius 2 is 1.84 bits per heavy atom. The molecule has 3 heteroatoms. The summed E-state index contributed by atoms with van der Waals surface area (Å²) in [5, 5.41) is 3.60. The second kappa shape index (κ2) is 5.82. The minimum absolute atomic E-state index is 0.187. The van der Waals surface area contributed by atoms with Gasteiger partial charge < -0.3 is 5.32 Å². The van der Waals surface area contributed by atoms with Crippen molar-refractivity contribution >= 4 is 21.6 Å². The number of hydrogen-bond acceptors (Lipinski definition) is 1. The van der Waals surface area contributed by atoms with E-state index in [0.717, 1.165) is 22.0 Å². The van der Waals surface area contributed by atoms with Crippen molar-refractivity contribution in [2.75, 3.05) is 5.32 Å². The van der Waals surface area contributed by atoms with Gasteiger partial charge in [0.2, 0.25) is 0 Å². The molecule has 104 valence electrons. The number of rotatable bonds is 2. The van der Waals surface area contributed by atoms with Crippen LogP contribution in [0.2, 0.25) is 0 Å². The summed E-state index contributed by atoms with van der Waals surface area (Å²) >= 11 is 3.44. The average Bonchev–Trinajstić information content (AvgIpc) is 2.42. The van der Waals surface area contributed by atoms with E-state index in [4.69, 9.17) is 0 Å². The predicted molar refractivity (Wildman–Crippen MR) is 80.8 cm³/mol. The summed E-state index contributed by atoms with van der Waals surface area (Å²) in [6.45, 7) is 0. The maximum atomic E-state index is 13.1. The van der Waals surface area contributed by atoms with E-state index in [1.807, 2.05) is 6.07 Å². The smallest absolute Gasteiger partial charge is 0.124 e. The lowest BCUT2D eigenvalue weighted by molar-refractivity contribution is 0.162. The molecule has 2 aliphatic rings. The molecule has 0 saturated heterocycles. The van der Waals surface area contributed by atoms with Gasteiger partial charge >= 0.3 is 0 Å². The van der Waals surface area contributed by atoms with E-state index in [2.05, 4.69) is 21.2 Å². The third-order valence-corrected chi connectivity index (χ3v) is 5.49. The van der Waals surface area contributed by atoms with Crippen LogP contribution in [0.15, 0.2) is 22.7 Å². The van der Waals surface area contributed by atoms with Crippen LogP contribution < -0.4 is 5.32 Å². The summed E-state index contributed by atoms with van der Waals surface area (Å²) in [6, 6.07) is 5.46. The molecule has 3 rings (SSSR count). The zero-order valence-corrected chi connectivity index (χ0v) is 12.8. The number of fused-ring (bicyclic) bond motifs is 1. The molecule has 0 aliphatic heterocycles. The van der Waals surface area contributed by atoms with Crippen molar-refractivity contribution in [3.8, 4) is 0 Å². The Morgan fingerprint density at radius 3 is 2.63 bits per heavy atom. The summed E-state index contributed by atoms with van der Waals surface area (Å²) in [6.07, 6.45) is 9.60. The first-order valence-electron chi connectivity index (χ1n) is 7.44. The van der Waals surface area contributed by atoms with E-state index >= 15 is 0 Å². The standard InChI is InChI=1S/C16H21BrFN/c17-15-10-13(18)6-8-16(15)19-14-7-5-11-3-1-2-4-12(11)9-14/h6,8,10-12,14,19H,1-5,7,9H2. The van der Waals surface area contributed by atoms with Crippen molar-refractivity contribution in [3.63, 3.8) is 0 Å². The minimum atomic E-state index is -0.187. The maximum Gasteiger partial charge on any atom is 0.124 e. The zero-order valence-electron chi connectivity index (χ0n) is 11.2. The molecular weight excluding hydrogens is 305 g/mol. The molecular formula is C16H21BrFN. The van der Waals surface area contributed by atoms with Crippen LogP contribution >= 0.6 is 15.9 Å². The summed E-state index contributed by atoms with van der Waals surface area (Å²) < 4.78 is 13.9. The molecule has 1 aromatic rings. The fourth-order valence-electron chi connectivity index (χ4n) is 3.83. The molecule has 19 heavy (non-hydrogen) atoms. The molecule has 2 saturated carbocycles. The van der Waals surface area contributed by atoms with Crippen molar-refractivity contribution in [1.82, 2.24) is 0 Å². The Kier molecular flexibility index (Phi) is 4.11. The maximum absolute atomic E-state index is 13.1.